The van der Waals surface area contributed by atoms with Crippen molar-refractivity contribution in [1.82, 2.24) is 4.98 Å². The second-order valence-electron chi connectivity index (χ2n) is 4.26. The monoisotopic (exact) mass is 268 g/mol. The van der Waals surface area contributed by atoms with E-state index in [2.05, 4.69) is 15.4 Å². The summed E-state index contributed by atoms with van der Waals surface area (Å²) in [6, 6.07) is 18.5. The van der Waals surface area contributed by atoms with Crippen LogP contribution < -0.4 is 4.98 Å². The molecule has 0 aliphatic rings. The third-order valence-electron chi connectivity index (χ3n) is 3.07. The van der Waals surface area contributed by atoms with Crippen molar-refractivity contribution in [3.8, 4) is 0 Å². The molecule has 1 atom stereocenters. The minimum absolute atomic E-state index is 0.252. The number of carboxylic acid groups (broad SMARTS) is 1. The minimum Gasteiger partial charge on any atom is -0.480 e. The molecule has 2 aromatic rings. The summed E-state index contributed by atoms with van der Waals surface area (Å²) in [5.74, 6) is -1.15. The topological polar surface area (TPSA) is 49.3 Å². The number of carbonyl (C=O) groups is 1. The van der Waals surface area contributed by atoms with Crippen LogP contribution in [0.5, 0.6) is 0 Å². The molecule has 0 amide bonds. The molecule has 0 bridgehead atoms. The molecule has 0 saturated carbocycles. The average molecular weight is 268 g/mol. The molecule has 95 valence electrons. The van der Waals surface area contributed by atoms with Gasteiger partial charge in [-0.3, -0.25) is 4.79 Å². The van der Waals surface area contributed by atoms with E-state index in [-0.39, 0.29) is 5.92 Å². The highest BCUT2D eigenvalue weighted by atomic mass is 28.2. The molecule has 0 saturated heterocycles. The largest absolute Gasteiger partial charge is 0.480 e. The normalized spacial score (nSPS) is 12.3. The van der Waals surface area contributed by atoms with Gasteiger partial charge >= 0.3 is 5.97 Å². The van der Waals surface area contributed by atoms with Gasteiger partial charge in [-0.15, -0.1) is 0 Å². The maximum Gasteiger partial charge on any atom is 0.321 e. The third-order valence-corrected chi connectivity index (χ3v) is 3.38. The molecule has 2 rings (SSSR count). The Morgan fingerprint density at radius 2 is 1.37 bits per heavy atom. The first-order valence-electron chi connectivity index (χ1n) is 5.99. The van der Waals surface area contributed by atoms with Crippen LogP contribution in [-0.4, -0.2) is 27.5 Å². The van der Waals surface area contributed by atoms with Crippen molar-refractivity contribution < 1.29 is 9.90 Å². The summed E-state index contributed by atoms with van der Waals surface area (Å²) in [7, 11) is 3.13. The predicted molar refractivity (Wildman–Crippen MR) is 75.0 cm³/mol. The number of hydrogen-bond donors (Lipinski definition) is 2. The lowest BCUT2D eigenvalue weighted by atomic mass is 9.85. The standard InChI is InChI=1S/C15H14NO2Si/c17-15(18)14(16-19)13(11-7-3-1-4-8-11)12-9-5-2-6-10-12/h1-10,13-14,16H,(H,17,18)/t14-/m0/s1. The number of rotatable bonds is 5. The van der Waals surface area contributed by atoms with Crippen molar-refractivity contribution in [2.24, 2.45) is 0 Å². The van der Waals surface area contributed by atoms with Crippen LogP contribution in [0.4, 0.5) is 0 Å². The number of aliphatic carboxylic acids is 1. The van der Waals surface area contributed by atoms with Crippen molar-refractivity contribution in [2.45, 2.75) is 12.0 Å². The van der Waals surface area contributed by atoms with E-state index in [9.17, 15) is 9.90 Å². The molecule has 0 aliphatic heterocycles. The van der Waals surface area contributed by atoms with Gasteiger partial charge in [-0.1, -0.05) is 60.7 Å². The van der Waals surface area contributed by atoms with Crippen molar-refractivity contribution in [3.63, 3.8) is 0 Å². The molecule has 4 heteroatoms. The van der Waals surface area contributed by atoms with E-state index in [4.69, 9.17) is 0 Å². The van der Waals surface area contributed by atoms with Gasteiger partial charge in [0.2, 0.25) is 0 Å². The molecule has 3 radical (unpaired) electrons. The molecular formula is C15H14NO2Si. The maximum atomic E-state index is 11.4. The number of nitrogens with one attached hydrogen (secondary N) is 1. The second-order valence-corrected chi connectivity index (χ2v) is 4.55. The van der Waals surface area contributed by atoms with E-state index < -0.39 is 12.0 Å². The van der Waals surface area contributed by atoms with Gasteiger partial charge in [0.15, 0.2) is 0 Å². The van der Waals surface area contributed by atoms with Gasteiger partial charge in [0, 0.05) is 5.92 Å². The van der Waals surface area contributed by atoms with Gasteiger partial charge in [-0.05, 0) is 11.1 Å². The van der Waals surface area contributed by atoms with Crippen LogP contribution in [-0.2, 0) is 4.79 Å². The fourth-order valence-corrected chi connectivity index (χ4v) is 2.48. The third kappa shape index (κ3) is 3.10. The minimum atomic E-state index is -0.896. The molecule has 0 heterocycles. The molecular weight excluding hydrogens is 254 g/mol. The Balaban J connectivity index is 2.48. The second kappa shape index (κ2) is 6.31. The Labute approximate surface area is 115 Å². The highest BCUT2D eigenvalue weighted by Gasteiger charge is 2.28. The zero-order valence-electron chi connectivity index (χ0n) is 10.3. The van der Waals surface area contributed by atoms with Crippen LogP contribution in [0.2, 0.25) is 0 Å². The van der Waals surface area contributed by atoms with Gasteiger partial charge in [0.05, 0.1) is 0 Å². The lowest BCUT2D eigenvalue weighted by molar-refractivity contribution is -0.139. The van der Waals surface area contributed by atoms with Gasteiger partial charge in [-0.25, -0.2) is 0 Å². The fraction of sp³-hybridized carbons (Fsp3) is 0.133. The smallest absolute Gasteiger partial charge is 0.321 e. The zero-order valence-corrected chi connectivity index (χ0v) is 11.3. The first-order valence-corrected chi connectivity index (χ1v) is 6.49. The Hall–Kier alpha value is -1.91. The molecule has 0 spiro atoms. The van der Waals surface area contributed by atoms with Gasteiger partial charge in [-0.2, -0.15) is 0 Å². The highest BCUT2D eigenvalue weighted by Crippen LogP contribution is 2.28. The summed E-state index contributed by atoms with van der Waals surface area (Å²) in [6.45, 7) is 0. The summed E-state index contributed by atoms with van der Waals surface area (Å²) in [6.07, 6.45) is 0. The maximum absolute atomic E-state index is 11.4. The van der Waals surface area contributed by atoms with Crippen LogP contribution >= 0.6 is 0 Å². The SMILES string of the molecule is O=C(O)[C@@H](N[Si])C(c1ccccc1)c1ccccc1. The van der Waals surface area contributed by atoms with E-state index in [0.29, 0.717) is 0 Å². The molecule has 2 N–H and O–H groups in total. The van der Waals surface area contributed by atoms with E-state index in [1.807, 2.05) is 60.7 Å². The first-order chi connectivity index (χ1) is 9.24. The number of hydrogen-bond acceptors (Lipinski definition) is 2. The van der Waals surface area contributed by atoms with E-state index in [1.165, 1.54) is 0 Å². The van der Waals surface area contributed by atoms with E-state index in [1.54, 1.807) is 0 Å². The van der Waals surface area contributed by atoms with Gasteiger partial charge in [0.25, 0.3) is 0 Å². The zero-order chi connectivity index (χ0) is 13.7. The summed E-state index contributed by atoms with van der Waals surface area (Å²) in [5, 5.41) is 9.37. The van der Waals surface area contributed by atoms with Crippen molar-refractivity contribution in [1.29, 1.82) is 0 Å². The van der Waals surface area contributed by atoms with Crippen LogP contribution in [0, 0.1) is 0 Å². The predicted octanol–water partition coefficient (Wildman–Crippen LogP) is 1.94. The molecule has 2 aromatic carbocycles. The summed E-state index contributed by atoms with van der Waals surface area (Å²) in [5.41, 5.74) is 1.93. The summed E-state index contributed by atoms with van der Waals surface area (Å²) < 4.78 is 0. The summed E-state index contributed by atoms with van der Waals surface area (Å²) in [4.78, 5) is 14.1. The first kappa shape index (κ1) is 13.5. The van der Waals surface area contributed by atoms with Crippen LogP contribution in [0.25, 0.3) is 0 Å². The van der Waals surface area contributed by atoms with Gasteiger partial charge < -0.3 is 10.1 Å². The Morgan fingerprint density at radius 3 is 1.68 bits per heavy atom. The number of benzene rings is 2. The molecule has 0 unspecified atom stereocenters. The van der Waals surface area contributed by atoms with E-state index >= 15 is 0 Å². The average Bonchev–Trinajstić information content (AvgIpc) is 2.46. The fourth-order valence-electron chi connectivity index (χ4n) is 2.19. The molecule has 3 nitrogen and oxygen atoms in total. The van der Waals surface area contributed by atoms with Crippen LogP contribution in [0.15, 0.2) is 60.7 Å². The summed E-state index contributed by atoms with van der Waals surface area (Å²) >= 11 is 0. The van der Waals surface area contributed by atoms with Crippen LogP contribution in [0.1, 0.15) is 17.0 Å². The lowest BCUT2D eigenvalue weighted by Crippen LogP contribution is -2.40. The lowest BCUT2D eigenvalue weighted by Gasteiger charge is -2.24. The van der Waals surface area contributed by atoms with Crippen LogP contribution in [0.3, 0.4) is 0 Å². The van der Waals surface area contributed by atoms with Crippen molar-refractivity contribution >= 4 is 16.4 Å². The molecule has 19 heavy (non-hydrogen) atoms. The Bertz CT molecular complexity index is 491. The Kier molecular flexibility index (Phi) is 4.49. The molecule has 0 aliphatic carbocycles. The van der Waals surface area contributed by atoms with Crippen molar-refractivity contribution in [3.05, 3.63) is 71.8 Å². The molecule has 0 fully saturated rings. The highest BCUT2D eigenvalue weighted by molar-refractivity contribution is 6.06. The quantitative estimate of drug-likeness (QED) is 0.815. The Morgan fingerprint density at radius 1 is 0.947 bits per heavy atom. The number of carboxylic acids is 1. The molecule has 0 aromatic heterocycles. The van der Waals surface area contributed by atoms with E-state index in [0.717, 1.165) is 11.1 Å². The van der Waals surface area contributed by atoms with Crippen molar-refractivity contribution in [2.75, 3.05) is 0 Å². The van der Waals surface area contributed by atoms with Gasteiger partial charge in [0.1, 0.15) is 16.4 Å².